The molecule has 0 aliphatic carbocycles. The second-order valence-corrected chi connectivity index (χ2v) is 5.86. The van der Waals surface area contributed by atoms with Crippen LogP contribution in [0.1, 0.15) is 0 Å². The molecule has 0 bridgehead atoms. The highest BCUT2D eigenvalue weighted by atomic mass is 79.9. The normalized spacial score (nSPS) is 10.7. The molecule has 0 heterocycles. The lowest BCUT2D eigenvalue weighted by Gasteiger charge is -2.13. The smallest absolute Gasteiger partial charge is 0.188 e. The summed E-state index contributed by atoms with van der Waals surface area (Å²) in [5.41, 5.74) is 11.2. The van der Waals surface area contributed by atoms with Gasteiger partial charge in [0.05, 0.1) is 21.4 Å². The number of hydrogen-bond donors (Lipinski definition) is 2. The Morgan fingerprint density at radius 3 is 2.30 bits per heavy atom. The fraction of sp³-hybridized carbons (Fsp3) is 0. The standard InChI is InChI=1S/C12H7BrCl3FN2O/c13-4-1-6(15)9(2-5(4)14)20-12-8(19)3-7(18)10(16)11(12)17/h1-3H,18-19H2. The summed E-state index contributed by atoms with van der Waals surface area (Å²) in [5, 5.41) is 0.312. The zero-order valence-corrected chi connectivity index (χ0v) is 13.5. The third-order valence-corrected chi connectivity index (χ3v) is 4.28. The van der Waals surface area contributed by atoms with E-state index in [2.05, 4.69) is 15.9 Å². The Morgan fingerprint density at radius 2 is 1.65 bits per heavy atom. The third kappa shape index (κ3) is 2.91. The van der Waals surface area contributed by atoms with Crippen molar-refractivity contribution < 1.29 is 9.13 Å². The molecule has 20 heavy (non-hydrogen) atoms. The molecule has 0 radical (unpaired) electrons. The van der Waals surface area contributed by atoms with E-state index >= 15 is 0 Å². The molecule has 0 aliphatic rings. The van der Waals surface area contributed by atoms with Crippen LogP contribution < -0.4 is 16.2 Å². The van der Waals surface area contributed by atoms with Crippen LogP contribution in [-0.4, -0.2) is 0 Å². The molecule has 4 N–H and O–H groups in total. The number of nitrogen functional groups attached to an aromatic ring is 2. The van der Waals surface area contributed by atoms with Gasteiger partial charge in [-0.05, 0) is 28.1 Å². The van der Waals surface area contributed by atoms with Crippen molar-refractivity contribution in [3.63, 3.8) is 0 Å². The molecular formula is C12H7BrCl3FN2O. The van der Waals surface area contributed by atoms with Crippen LogP contribution in [0.2, 0.25) is 15.1 Å². The lowest BCUT2D eigenvalue weighted by Crippen LogP contribution is -2.00. The third-order valence-electron chi connectivity index (χ3n) is 2.41. The number of rotatable bonds is 2. The first kappa shape index (κ1) is 15.5. The molecule has 0 fully saturated rings. The molecule has 0 spiro atoms. The van der Waals surface area contributed by atoms with Gasteiger partial charge in [-0.2, -0.15) is 0 Å². The first-order valence-electron chi connectivity index (χ1n) is 5.16. The Morgan fingerprint density at radius 1 is 1.00 bits per heavy atom. The Balaban J connectivity index is 2.51. The minimum absolute atomic E-state index is 0.000456. The van der Waals surface area contributed by atoms with E-state index in [1.165, 1.54) is 18.2 Å². The van der Waals surface area contributed by atoms with Gasteiger partial charge in [0.25, 0.3) is 0 Å². The van der Waals surface area contributed by atoms with E-state index in [-0.39, 0.29) is 32.9 Å². The lowest BCUT2D eigenvalue weighted by molar-refractivity contribution is 0.445. The Bertz CT molecular complexity index is 697. The number of anilines is 2. The van der Waals surface area contributed by atoms with Crippen molar-refractivity contribution in [2.24, 2.45) is 0 Å². The summed E-state index contributed by atoms with van der Waals surface area (Å²) in [5.74, 6) is -0.977. The van der Waals surface area contributed by atoms with Gasteiger partial charge >= 0.3 is 0 Å². The van der Waals surface area contributed by atoms with Gasteiger partial charge in [-0.3, -0.25) is 0 Å². The summed E-state index contributed by atoms with van der Waals surface area (Å²) in [6.45, 7) is 0. The fourth-order valence-corrected chi connectivity index (χ4v) is 2.42. The van der Waals surface area contributed by atoms with Gasteiger partial charge in [0.15, 0.2) is 11.6 Å². The summed E-state index contributed by atoms with van der Waals surface area (Å²) in [6, 6.07) is 4.25. The quantitative estimate of drug-likeness (QED) is 0.516. The molecule has 2 aromatic rings. The van der Waals surface area contributed by atoms with E-state index in [0.29, 0.717) is 9.50 Å². The van der Waals surface area contributed by atoms with Crippen LogP contribution in [0.4, 0.5) is 15.8 Å². The molecule has 0 saturated carbocycles. The largest absolute Gasteiger partial charge is 0.450 e. The van der Waals surface area contributed by atoms with E-state index in [4.69, 9.17) is 51.0 Å². The van der Waals surface area contributed by atoms with Crippen LogP contribution in [0.5, 0.6) is 11.5 Å². The Labute approximate surface area is 137 Å². The van der Waals surface area contributed by atoms with E-state index in [9.17, 15) is 4.39 Å². The van der Waals surface area contributed by atoms with Crippen molar-refractivity contribution in [3.8, 4) is 11.5 Å². The molecule has 3 nitrogen and oxygen atoms in total. The summed E-state index contributed by atoms with van der Waals surface area (Å²) in [4.78, 5) is 0. The fourth-order valence-electron chi connectivity index (χ4n) is 1.45. The van der Waals surface area contributed by atoms with Crippen molar-refractivity contribution in [3.05, 3.63) is 43.6 Å². The maximum Gasteiger partial charge on any atom is 0.188 e. The van der Waals surface area contributed by atoms with Gasteiger partial charge in [0.2, 0.25) is 0 Å². The molecule has 2 aromatic carbocycles. The van der Waals surface area contributed by atoms with Gasteiger partial charge in [0, 0.05) is 10.5 Å². The maximum absolute atomic E-state index is 14.0. The van der Waals surface area contributed by atoms with Crippen molar-refractivity contribution in [2.75, 3.05) is 11.5 Å². The van der Waals surface area contributed by atoms with Gasteiger partial charge in [-0.15, -0.1) is 0 Å². The SMILES string of the molecule is Nc1cc(N)c(Oc2cc(Cl)c(Br)cc2Cl)c(F)c1Cl. The van der Waals surface area contributed by atoms with Gasteiger partial charge < -0.3 is 16.2 Å². The van der Waals surface area contributed by atoms with Gasteiger partial charge in [0.1, 0.15) is 10.8 Å². The van der Waals surface area contributed by atoms with Gasteiger partial charge in [-0.25, -0.2) is 4.39 Å². The highest BCUT2D eigenvalue weighted by Crippen LogP contribution is 2.41. The average Bonchev–Trinajstić information content (AvgIpc) is 2.38. The van der Waals surface area contributed by atoms with E-state index in [1.807, 2.05) is 0 Å². The number of ether oxygens (including phenoxy) is 1. The molecule has 0 aliphatic heterocycles. The molecule has 0 amide bonds. The molecule has 0 aromatic heterocycles. The van der Waals surface area contributed by atoms with Crippen LogP contribution in [0.3, 0.4) is 0 Å². The summed E-state index contributed by atoms with van der Waals surface area (Å²) in [6.07, 6.45) is 0. The summed E-state index contributed by atoms with van der Waals surface area (Å²) in [7, 11) is 0. The zero-order valence-electron chi connectivity index (χ0n) is 9.68. The molecule has 0 saturated heterocycles. The Hall–Kier alpha value is -0.880. The number of halogens is 5. The van der Waals surface area contributed by atoms with Crippen LogP contribution in [0.15, 0.2) is 22.7 Å². The molecule has 0 unspecified atom stereocenters. The summed E-state index contributed by atoms with van der Waals surface area (Å²) < 4.78 is 20.0. The van der Waals surface area contributed by atoms with Crippen molar-refractivity contribution in [2.45, 2.75) is 0 Å². The highest BCUT2D eigenvalue weighted by molar-refractivity contribution is 9.10. The minimum atomic E-state index is -0.862. The minimum Gasteiger partial charge on any atom is -0.450 e. The predicted molar refractivity (Wildman–Crippen MR) is 84.5 cm³/mol. The van der Waals surface area contributed by atoms with E-state index in [1.54, 1.807) is 0 Å². The van der Waals surface area contributed by atoms with Crippen LogP contribution in [-0.2, 0) is 0 Å². The first-order valence-corrected chi connectivity index (χ1v) is 7.09. The lowest BCUT2D eigenvalue weighted by atomic mass is 10.2. The first-order chi connectivity index (χ1) is 9.31. The monoisotopic (exact) mass is 398 g/mol. The number of benzene rings is 2. The molecule has 8 heteroatoms. The van der Waals surface area contributed by atoms with Crippen molar-refractivity contribution >= 4 is 62.1 Å². The topological polar surface area (TPSA) is 61.3 Å². The van der Waals surface area contributed by atoms with E-state index in [0.717, 1.165) is 0 Å². The zero-order chi connectivity index (χ0) is 15.0. The predicted octanol–water partition coefficient (Wildman–Crippen LogP) is 5.51. The molecule has 106 valence electrons. The molecule has 2 rings (SSSR count). The van der Waals surface area contributed by atoms with Crippen LogP contribution in [0, 0.1) is 5.82 Å². The molecule has 0 atom stereocenters. The van der Waals surface area contributed by atoms with Crippen molar-refractivity contribution in [1.82, 2.24) is 0 Å². The second-order valence-electron chi connectivity index (χ2n) is 3.81. The van der Waals surface area contributed by atoms with Crippen LogP contribution >= 0.6 is 50.7 Å². The van der Waals surface area contributed by atoms with Gasteiger partial charge in [-0.1, -0.05) is 34.8 Å². The maximum atomic E-state index is 14.0. The molecular weight excluding hydrogens is 393 g/mol. The highest BCUT2D eigenvalue weighted by Gasteiger charge is 2.18. The van der Waals surface area contributed by atoms with Crippen molar-refractivity contribution in [1.29, 1.82) is 0 Å². The Kier molecular flexibility index (Phi) is 4.54. The number of nitrogens with two attached hydrogens (primary N) is 2. The average molecular weight is 400 g/mol. The summed E-state index contributed by atoms with van der Waals surface area (Å²) >= 11 is 20.8. The van der Waals surface area contributed by atoms with Crippen LogP contribution in [0.25, 0.3) is 0 Å². The second kappa shape index (κ2) is 5.85. The number of hydrogen-bond acceptors (Lipinski definition) is 3. The van der Waals surface area contributed by atoms with E-state index < -0.39 is 5.82 Å².